The molecule has 0 aliphatic carbocycles. The third kappa shape index (κ3) is 3.48. The van der Waals surface area contributed by atoms with Crippen LogP contribution in [0.15, 0.2) is 36.4 Å². The first kappa shape index (κ1) is 18.5. The van der Waals surface area contributed by atoms with Gasteiger partial charge in [0, 0.05) is 18.7 Å². The molecule has 28 heavy (non-hydrogen) atoms. The third-order valence-corrected chi connectivity index (χ3v) is 5.34. The maximum Gasteiger partial charge on any atom is 0.547 e. The smallest absolute Gasteiger partial charge is 0.534 e. The molecule has 144 valence electrons. The average Bonchev–Trinajstić information content (AvgIpc) is 2.67. The number of likely N-dealkylation sites (N-methyl/N-ethyl adjacent to an activating group) is 1. The van der Waals surface area contributed by atoms with Gasteiger partial charge < -0.3 is 25.0 Å². The highest BCUT2D eigenvalue weighted by Gasteiger charge is 2.37. The van der Waals surface area contributed by atoms with Crippen molar-refractivity contribution in [1.82, 2.24) is 10.2 Å². The zero-order valence-electron chi connectivity index (χ0n) is 15.5. The van der Waals surface area contributed by atoms with Gasteiger partial charge in [0.25, 0.3) is 5.91 Å². The van der Waals surface area contributed by atoms with E-state index < -0.39 is 19.0 Å². The van der Waals surface area contributed by atoms with Gasteiger partial charge in [-0.05, 0) is 54.8 Å². The molecule has 2 aliphatic heterocycles. The molecule has 1 atom stereocenters. The number of nitrogens with zero attached hydrogens (tertiary/aromatic N) is 1. The van der Waals surface area contributed by atoms with Crippen LogP contribution in [0.25, 0.3) is 0 Å². The van der Waals surface area contributed by atoms with Gasteiger partial charge in [-0.25, -0.2) is 4.79 Å². The standard InChI is InChI=1S/C20H21BN2O5/c1-23-8-7-12-9-14(5-6-15(12)11-23)19(24)22-17-10-13-3-2-4-16(20(25)26)18(13)28-21(17)27/h2-6,9,17,27H,7-8,10-11H2,1H3,(H,22,24)(H,25,26). The molecule has 0 spiro atoms. The molecule has 0 saturated heterocycles. The number of carboxylic acid groups (broad SMARTS) is 1. The summed E-state index contributed by atoms with van der Waals surface area (Å²) in [7, 11) is 0.755. The van der Waals surface area contributed by atoms with Crippen LogP contribution in [0.2, 0.25) is 0 Å². The fourth-order valence-electron chi connectivity index (χ4n) is 3.80. The molecular weight excluding hydrogens is 359 g/mol. The van der Waals surface area contributed by atoms with Gasteiger partial charge >= 0.3 is 13.1 Å². The van der Waals surface area contributed by atoms with Crippen molar-refractivity contribution in [2.45, 2.75) is 25.3 Å². The van der Waals surface area contributed by atoms with Gasteiger partial charge in [-0.1, -0.05) is 18.2 Å². The molecule has 1 amide bonds. The summed E-state index contributed by atoms with van der Waals surface area (Å²) in [5.74, 6) is -1.91. The first-order valence-corrected chi connectivity index (χ1v) is 9.23. The Morgan fingerprint density at radius 2 is 2.04 bits per heavy atom. The summed E-state index contributed by atoms with van der Waals surface area (Å²) in [5.41, 5.74) is 3.58. The van der Waals surface area contributed by atoms with Crippen LogP contribution in [0.3, 0.4) is 0 Å². The lowest BCUT2D eigenvalue weighted by Crippen LogP contribution is -2.53. The number of rotatable bonds is 3. The number of carbonyl (C=O) groups excluding carboxylic acids is 1. The second-order valence-corrected chi connectivity index (χ2v) is 7.36. The van der Waals surface area contributed by atoms with E-state index in [1.165, 1.54) is 17.2 Å². The Bertz CT molecular complexity index is 948. The van der Waals surface area contributed by atoms with E-state index in [0.29, 0.717) is 17.5 Å². The van der Waals surface area contributed by atoms with Crippen LogP contribution in [-0.2, 0) is 19.4 Å². The fraction of sp³-hybridized carbons (Fsp3) is 0.300. The van der Waals surface area contributed by atoms with E-state index in [1.54, 1.807) is 18.2 Å². The lowest BCUT2D eigenvalue weighted by molar-refractivity contribution is 0.0693. The molecule has 4 rings (SSSR count). The molecule has 3 N–H and O–H groups in total. The number of hydrogen-bond acceptors (Lipinski definition) is 5. The van der Waals surface area contributed by atoms with Crippen LogP contribution in [0.4, 0.5) is 0 Å². The van der Waals surface area contributed by atoms with Crippen molar-refractivity contribution in [1.29, 1.82) is 0 Å². The summed E-state index contributed by atoms with van der Waals surface area (Å²) < 4.78 is 5.43. The molecular formula is C20H21BN2O5. The zero-order valence-corrected chi connectivity index (χ0v) is 15.5. The van der Waals surface area contributed by atoms with E-state index in [1.807, 2.05) is 12.1 Å². The summed E-state index contributed by atoms with van der Waals surface area (Å²) in [6, 6.07) is 10.5. The maximum atomic E-state index is 12.7. The van der Waals surface area contributed by atoms with Crippen molar-refractivity contribution in [2.75, 3.05) is 13.6 Å². The van der Waals surface area contributed by atoms with Crippen molar-refractivity contribution in [2.24, 2.45) is 0 Å². The van der Waals surface area contributed by atoms with Gasteiger partial charge in [-0.3, -0.25) is 4.79 Å². The van der Waals surface area contributed by atoms with E-state index in [4.69, 9.17) is 4.65 Å². The summed E-state index contributed by atoms with van der Waals surface area (Å²) >= 11 is 0. The molecule has 7 nitrogen and oxygen atoms in total. The van der Waals surface area contributed by atoms with E-state index in [-0.39, 0.29) is 17.2 Å². The van der Waals surface area contributed by atoms with Crippen molar-refractivity contribution in [3.05, 3.63) is 64.2 Å². The average molecular weight is 380 g/mol. The van der Waals surface area contributed by atoms with Gasteiger partial charge in [0.05, 0.1) is 11.5 Å². The molecule has 1 unspecified atom stereocenters. The first-order chi connectivity index (χ1) is 13.4. The monoisotopic (exact) mass is 380 g/mol. The Labute approximate surface area is 163 Å². The number of fused-ring (bicyclic) bond motifs is 2. The Kier molecular flexibility index (Phi) is 4.83. The zero-order chi connectivity index (χ0) is 19.8. The van der Waals surface area contributed by atoms with Crippen LogP contribution in [0.5, 0.6) is 5.75 Å². The highest BCUT2D eigenvalue weighted by Crippen LogP contribution is 2.30. The van der Waals surface area contributed by atoms with Gasteiger partial charge in [0.2, 0.25) is 0 Å². The molecule has 0 saturated carbocycles. The molecule has 8 heteroatoms. The Hall–Kier alpha value is -2.84. The summed E-state index contributed by atoms with van der Waals surface area (Å²) in [6.07, 6.45) is 1.19. The van der Waals surface area contributed by atoms with Crippen molar-refractivity contribution >= 4 is 19.0 Å². The van der Waals surface area contributed by atoms with E-state index in [2.05, 4.69) is 17.3 Å². The van der Waals surface area contributed by atoms with Crippen molar-refractivity contribution < 1.29 is 24.4 Å². The number of para-hydroxylation sites is 1. The summed E-state index contributed by atoms with van der Waals surface area (Å²) in [6.45, 7) is 1.82. The molecule has 2 heterocycles. The Morgan fingerprint density at radius 3 is 2.82 bits per heavy atom. The van der Waals surface area contributed by atoms with E-state index in [0.717, 1.165) is 19.5 Å². The third-order valence-electron chi connectivity index (χ3n) is 5.34. The summed E-state index contributed by atoms with van der Waals surface area (Å²) in [5, 5.41) is 22.4. The van der Waals surface area contributed by atoms with Gasteiger partial charge in [-0.15, -0.1) is 0 Å². The minimum absolute atomic E-state index is 0.000909. The lowest BCUT2D eigenvalue weighted by Gasteiger charge is -2.29. The largest absolute Gasteiger partial charge is 0.547 e. The second kappa shape index (κ2) is 7.29. The van der Waals surface area contributed by atoms with Crippen LogP contribution in [-0.4, -0.2) is 53.6 Å². The maximum absolute atomic E-state index is 12.7. The van der Waals surface area contributed by atoms with Crippen LogP contribution < -0.4 is 9.97 Å². The normalized spacial score (nSPS) is 18.6. The predicted octanol–water partition coefficient (Wildman–Crippen LogP) is 1.13. The van der Waals surface area contributed by atoms with Crippen molar-refractivity contribution in [3.63, 3.8) is 0 Å². The van der Waals surface area contributed by atoms with Crippen LogP contribution in [0, 0.1) is 0 Å². The summed E-state index contributed by atoms with van der Waals surface area (Å²) in [4.78, 5) is 26.3. The molecule has 2 aromatic rings. The number of amides is 1. The highest BCUT2D eigenvalue weighted by molar-refractivity contribution is 6.47. The topological polar surface area (TPSA) is 99.1 Å². The number of benzene rings is 2. The number of carbonyl (C=O) groups is 2. The Morgan fingerprint density at radius 1 is 1.21 bits per heavy atom. The molecule has 0 bridgehead atoms. The molecule has 2 aliphatic rings. The number of carboxylic acids is 1. The molecule has 0 fully saturated rings. The number of hydrogen-bond donors (Lipinski definition) is 3. The lowest BCUT2D eigenvalue weighted by atomic mass is 9.72. The molecule has 2 aromatic carbocycles. The predicted molar refractivity (Wildman–Crippen MR) is 103 cm³/mol. The second-order valence-electron chi connectivity index (χ2n) is 7.36. The van der Waals surface area contributed by atoms with E-state index in [9.17, 15) is 19.7 Å². The quantitative estimate of drug-likeness (QED) is 0.691. The Balaban J connectivity index is 1.51. The number of nitrogens with one attached hydrogen (secondary N) is 1. The van der Waals surface area contributed by atoms with Crippen LogP contribution in [0.1, 0.15) is 37.4 Å². The van der Waals surface area contributed by atoms with Gasteiger partial charge in [0.15, 0.2) is 0 Å². The van der Waals surface area contributed by atoms with E-state index >= 15 is 0 Å². The minimum atomic E-state index is -1.32. The first-order valence-electron chi connectivity index (χ1n) is 9.23. The van der Waals surface area contributed by atoms with Crippen molar-refractivity contribution in [3.8, 4) is 5.75 Å². The molecule has 0 aromatic heterocycles. The minimum Gasteiger partial charge on any atom is -0.534 e. The molecule has 0 radical (unpaired) electrons. The van der Waals surface area contributed by atoms with Gasteiger partial charge in [-0.2, -0.15) is 0 Å². The SMILES string of the molecule is CN1CCc2cc(C(=O)NC3Cc4cccc(C(=O)O)c4OB3O)ccc2C1. The van der Waals surface area contributed by atoms with Gasteiger partial charge in [0.1, 0.15) is 5.75 Å². The number of aromatic carboxylic acids is 1. The van der Waals surface area contributed by atoms with Crippen LogP contribution >= 0.6 is 0 Å². The fourth-order valence-corrected chi connectivity index (χ4v) is 3.80. The highest BCUT2D eigenvalue weighted by atomic mass is 16.5.